The van der Waals surface area contributed by atoms with Gasteiger partial charge in [-0.15, -0.1) is 11.3 Å². The van der Waals surface area contributed by atoms with Crippen molar-refractivity contribution in [2.24, 2.45) is 0 Å². The average molecular weight is 336 g/mol. The zero-order valence-corrected chi connectivity index (χ0v) is 14.1. The van der Waals surface area contributed by atoms with Gasteiger partial charge in [0.15, 0.2) is 0 Å². The van der Waals surface area contributed by atoms with E-state index in [4.69, 9.17) is 9.84 Å². The van der Waals surface area contributed by atoms with Crippen molar-refractivity contribution in [3.8, 4) is 11.8 Å². The van der Waals surface area contributed by atoms with Crippen LogP contribution in [0, 0.1) is 11.8 Å². The number of rotatable bonds is 3. The zero-order chi connectivity index (χ0) is 16.1. The summed E-state index contributed by atoms with van der Waals surface area (Å²) < 4.78 is 5.40. The SMILES string of the molecule is OCC#Cc1csc(CN2CC[C@@H](N3CCOCC3)[C@H](O)C2)c1. The van der Waals surface area contributed by atoms with Gasteiger partial charge in [0.1, 0.15) is 6.61 Å². The number of piperidine rings is 1. The summed E-state index contributed by atoms with van der Waals surface area (Å²) in [6, 6.07) is 2.35. The van der Waals surface area contributed by atoms with E-state index in [1.807, 2.05) is 5.38 Å². The summed E-state index contributed by atoms with van der Waals surface area (Å²) in [5.41, 5.74) is 0.961. The van der Waals surface area contributed by atoms with Crippen molar-refractivity contribution < 1.29 is 14.9 Å². The van der Waals surface area contributed by atoms with Crippen LogP contribution in [0.5, 0.6) is 0 Å². The van der Waals surface area contributed by atoms with E-state index >= 15 is 0 Å². The van der Waals surface area contributed by atoms with Gasteiger partial charge >= 0.3 is 0 Å². The first kappa shape index (κ1) is 16.9. The summed E-state index contributed by atoms with van der Waals surface area (Å²) in [7, 11) is 0. The number of thiophene rings is 1. The molecule has 2 atom stereocenters. The van der Waals surface area contributed by atoms with Crippen LogP contribution in [0.25, 0.3) is 0 Å². The summed E-state index contributed by atoms with van der Waals surface area (Å²) in [4.78, 5) is 5.94. The minimum Gasteiger partial charge on any atom is -0.390 e. The standard InChI is InChI=1S/C17H24N2O3S/c20-7-1-2-14-10-15(23-13-14)11-18-4-3-16(17(21)12-18)19-5-8-22-9-6-19/h10,13,16-17,20-21H,3-9,11-12H2/t16-,17-/m1/s1. The first-order chi connectivity index (χ1) is 11.3. The molecule has 2 aliphatic rings. The molecule has 2 aliphatic heterocycles. The Morgan fingerprint density at radius 1 is 1.30 bits per heavy atom. The number of nitrogens with zero attached hydrogens (tertiary/aromatic N) is 2. The van der Waals surface area contributed by atoms with E-state index in [1.54, 1.807) is 11.3 Å². The summed E-state index contributed by atoms with van der Waals surface area (Å²) in [6.45, 7) is 5.90. The Balaban J connectivity index is 1.52. The lowest BCUT2D eigenvalue weighted by atomic mass is 9.99. The monoisotopic (exact) mass is 336 g/mol. The van der Waals surface area contributed by atoms with E-state index in [9.17, 15) is 5.11 Å². The highest BCUT2D eigenvalue weighted by atomic mass is 32.1. The minimum absolute atomic E-state index is 0.105. The predicted molar refractivity (Wildman–Crippen MR) is 90.4 cm³/mol. The highest BCUT2D eigenvalue weighted by Crippen LogP contribution is 2.22. The molecule has 0 aliphatic carbocycles. The molecule has 0 radical (unpaired) electrons. The Morgan fingerprint density at radius 3 is 2.87 bits per heavy atom. The van der Waals surface area contributed by atoms with Crippen molar-refractivity contribution in [2.45, 2.75) is 25.1 Å². The molecule has 126 valence electrons. The first-order valence-electron chi connectivity index (χ1n) is 8.15. The first-order valence-corrected chi connectivity index (χ1v) is 9.03. The Morgan fingerprint density at radius 2 is 2.13 bits per heavy atom. The molecule has 0 unspecified atom stereocenters. The number of β-amino-alcohol motifs (C(OH)–C–C–N with tert-alkyl or cyclic N) is 1. The highest BCUT2D eigenvalue weighted by molar-refractivity contribution is 7.10. The lowest BCUT2D eigenvalue weighted by Gasteiger charge is -2.42. The van der Waals surface area contributed by atoms with Gasteiger partial charge in [-0.2, -0.15) is 0 Å². The molecule has 3 rings (SSSR count). The molecule has 0 aromatic carbocycles. The lowest BCUT2D eigenvalue weighted by molar-refractivity contribution is -0.0532. The van der Waals surface area contributed by atoms with Gasteiger partial charge in [-0.1, -0.05) is 11.8 Å². The molecular weight excluding hydrogens is 312 g/mol. The molecule has 6 heteroatoms. The van der Waals surface area contributed by atoms with Crippen LogP contribution in [0.3, 0.4) is 0 Å². The third-order valence-corrected chi connectivity index (χ3v) is 5.41. The van der Waals surface area contributed by atoms with Crippen LogP contribution >= 0.6 is 11.3 Å². The maximum atomic E-state index is 10.5. The van der Waals surface area contributed by atoms with Crippen molar-refractivity contribution in [2.75, 3.05) is 46.0 Å². The Kier molecular flexibility index (Phi) is 6.06. The molecule has 0 saturated carbocycles. The number of aliphatic hydroxyl groups excluding tert-OH is 2. The molecule has 5 nitrogen and oxygen atoms in total. The van der Waals surface area contributed by atoms with Crippen LogP contribution in [-0.4, -0.2) is 78.2 Å². The van der Waals surface area contributed by atoms with E-state index in [2.05, 4.69) is 27.7 Å². The van der Waals surface area contributed by atoms with E-state index in [-0.39, 0.29) is 18.8 Å². The molecule has 2 saturated heterocycles. The number of aliphatic hydroxyl groups is 2. The smallest absolute Gasteiger partial charge is 0.104 e. The van der Waals surface area contributed by atoms with Gasteiger partial charge in [0.05, 0.1) is 19.3 Å². The van der Waals surface area contributed by atoms with Crippen molar-refractivity contribution in [1.82, 2.24) is 9.80 Å². The average Bonchev–Trinajstić information content (AvgIpc) is 3.01. The van der Waals surface area contributed by atoms with Crippen molar-refractivity contribution in [1.29, 1.82) is 0 Å². The topological polar surface area (TPSA) is 56.2 Å². The fraction of sp³-hybridized carbons (Fsp3) is 0.647. The van der Waals surface area contributed by atoms with Gasteiger partial charge in [0.25, 0.3) is 0 Å². The lowest BCUT2D eigenvalue weighted by Crippen LogP contribution is -2.56. The number of ether oxygens (including phenoxy) is 1. The number of likely N-dealkylation sites (tertiary alicyclic amines) is 1. The van der Waals surface area contributed by atoms with Crippen LogP contribution in [0.1, 0.15) is 16.9 Å². The van der Waals surface area contributed by atoms with Crippen LogP contribution in [0.2, 0.25) is 0 Å². The molecule has 1 aromatic heterocycles. The van der Waals surface area contributed by atoms with Gasteiger partial charge < -0.3 is 14.9 Å². The zero-order valence-electron chi connectivity index (χ0n) is 13.3. The van der Waals surface area contributed by atoms with Crippen LogP contribution in [0.15, 0.2) is 11.4 Å². The van der Waals surface area contributed by atoms with Gasteiger partial charge in [0, 0.05) is 54.6 Å². The van der Waals surface area contributed by atoms with Crippen LogP contribution in [0.4, 0.5) is 0 Å². The summed E-state index contributed by atoms with van der Waals surface area (Å²) in [5.74, 6) is 5.61. The number of morpholine rings is 1. The maximum absolute atomic E-state index is 10.5. The van der Waals surface area contributed by atoms with Crippen molar-refractivity contribution >= 4 is 11.3 Å². The number of hydrogen-bond acceptors (Lipinski definition) is 6. The molecule has 1 aromatic rings. The summed E-state index contributed by atoms with van der Waals surface area (Å²) >= 11 is 1.69. The highest BCUT2D eigenvalue weighted by Gasteiger charge is 2.32. The second-order valence-electron chi connectivity index (χ2n) is 6.07. The Bertz CT molecular complexity index is 560. The molecule has 23 heavy (non-hydrogen) atoms. The Labute approximate surface area is 141 Å². The van der Waals surface area contributed by atoms with Crippen LogP contribution in [-0.2, 0) is 11.3 Å². The van der Waals surface area contributed by atoms with Gasteiger partial charge in [0.2, 0.25) is 0 Å². The number of hydrogen-bond donors (Lipinski definition) is 2. The largest absolute Gasteiger partial charge is 0.390 e. The van der Waals surface area contributed by atoms with Crippen molar-refractivity contribution in [3.05, 3.63) is 21.9 Å². The van der Waals surface area contributed by atoms with Gasteiger partial charge in [-0.25, -0.2) is 0 Å². The molecule has 2 fully saturated rings. The van der Waals surface area contributed by atoms with Gasteiger partial charge in [-0.05, 0) is 12.5 Å². The summed E-state index contributed by atoms with van der Waals surface area (Å²) in [5, 5.41) is 21.3. The molecule has 0 spiro atoms. The molecular formula is C17H24N2O3S. The second kappa shape index (κ2) is 8.25. The quantitative estimate of drug-likeness (QED) is 0.781. The van der Waals surface area contributed by atoms with E-state index < -0.39 is 0 Å². The normalized spacial score (nSPS) is 26.7. The third-order valence-electron chi connectivity index (χ3n) is 4.49. The Hall–Kier alpha value is -0.940. The van der Waals surface area contributed by atoms with E-state index in [0.29, 0.717) is 0 Å². The molecule has 3 heterocycles. The minimum atomic E-state index is -0.296. The fourth-order valence-electron chi connectivity index (χ4n) is 3.35. The molecule has 0 bridgehead atoms. The van der Waals surface area contributed by atoms with E-state index in [1.165, 1.54) is 4.88 Å². The molecule has 0 amide bonds. The summed E-state index contributed by atoms with van der Waals surface area (Å²) in [6.07, 6.45) is 0.708. The maximum Gasteiger partial charge on any atom is 0.104 e. The third kappa shape index (κ3) is 4.54. The van der Waals surface area contributed by atoms with E-state index in [0.717, 1.165) is 57.9 Å². The second-order valence-corrected chi connectivity index (χ2v) is 7.06. The van der Waals surface area contributed by atoms with Crippen molar-refractivity contribution in [3.63, 3.8) is 0 Å². The van der Waals surface area contributed by atoms with Crippen LogP contribution < -0.4 is 0 Å². The fourth-order valence-corrected chi connectivity index (χ4v) is 4.21. The van der Waals surface area contributed by atoms with Gasteiger partial charge in [-0.3, -0.25) is 9.80 Å². The predicted octanol–water partition coefficient (Wildman–Crippen LogP) is 0.359. The molecule has 2 N–H and O–H groups in total.